The fourth-order valence-electron chi connectivity index (χ4n) is 3.65. The standard InChI is InChI=1S/C28H25FO3/c1-3-5-6-17-31-24-16-15-23-18-25(32-28(30)26(23)27(24)29)22-13-11-21(12-14-22)20-9-7-19(4-2)8-10-20/h4,7-16,18H,2-3,5-6,17H2,1H3. The minimum Gasteiger partial charge on any atom is -0.490 e. The first kappa shape index (κ1) is 21.6. The van der Waals surface area contributed by atoms with E-state index in [0.29, 0.717) is 17.8 Å². The molecular weight excluding hydrogens is 403 g/mol. The molecule has 0 fully saturated rings. The molecule has 4 aromatic rings. The molecule has 0 aliphatic rings. The molecule has 0 N–H and O–H groups in total. The second kappa shape index (κ2) is 9.65. The van der Waals surface area contributed by atoms with Crippen LogP contribution in [-0.4, -0.2) is 6.61 Å². The lowest BCUT2D eigenvalue weighted by molar-refractivity contribution is 0.292. The molecule has 1 heterocycles. The van der Waals surface area contributed by atoms with Gasteiger partial charge in [-0.1, -0.05) is 87.0 Å². The molecule has 0 bridgehead atoms. The monoisotopic (exact) mass is 428 g/mol. The average Bonchev–Trinajstić information content (AvgIpc) is 2.83. The molecule has 1 aromatic heterocycles. The summed E-state index contributed by atoms with van der Waals surface area (Å²) >= 11 is 0. The molecular formula is C28H25FO3. The van der Waals surface area contributed by atoms with Gasteiger partial charge in [-0.25, -0.2) is 9.18 Å². The summed E-state index contributed by atoms with van der Waals surface area (Å²) in [6, 6.07) is 20.8. The second-order valence-corrected chi connectivity index (χ2v) is 7.70. The lowest BCUT2D eigenvalue weighted by atomic mass is 10.0. The van der Waals surface area contributed by atoms with E-state index in [1.807, 2.05) is 48.5 Å². The van der Waals surface area contributed by atoms with Gasteiger partial charge in [0.05, 0.1) is 6.61 Å². The maximum atomic E-state index is 14.9. The van der Waals surface area contributed by atoms with Gasteiger partial charge in [0.2, 0.25) is 0 Å². The minimum atomic E-state index is -0.710. The summed E-state index contributed by atoms with van der Waals surface area (Å²) < 4.78 is 25.9. The fraction of sp³-hybridized carbons (Fsp3) is 0.179. The van der Waals surface area contributed by atoms with Gasteiger partial charge in [-0.05, 0) is 40.6 Å². The Labute approximate surface area is 186 Å². The molecule has 4 heteroatoms. The molecule has 0 radical (unpaired) electrons. The topological polar surface area (TPSA) is 39.4 Å². The third-order valence-corrected chi connectivity index (χ3v) is 5.49. The molecule has 0 unspecified atom stereocenters. The van der Waals surface area contributed by atoms with Crippen LogP contribution in [0.5, 0.6) is 5.75 Å². The van der Waals surface area contributed by atoms with E-state index in [1.165, 1.54) is 0 Å². The van der Waals surface area contributed by atoms with Crippen molar-refractivity contribution in [2.24, 2.45) is 0 Å². The van der Waals surface area contributed by atoms with E-state index in [-0.39, 0.29) is 11.1 Å². The first-order valence-corrected chi connectivity index (χ1v) is 10.8. The molecule has 0 amide bonds. The zero-order valence-corrected chi connectivity index (χ0v) is 18.1. The molecule has 0 atom stereocenters. The normalized spacial score (nSPS) is 10.9. The third-order valence-electron chi connectivity index (χ3n) is 5.49. The van der Waals surface area contributed by atoms with Gasteiger partial charge in [0.25, 0.3) is 0 Å². The summed E-state index contributed by atoms with van der Waals surface area (Å²) in [6.07, 6.45) is 4.72. The molecule has 0 saturated heterocycles. The second-order valence-electron chi connectivity index (χ2n) is 7.70. The lowest BCUT2D eigenvalue weighted by Crippen LogP contribution is -2.06. The molecule has 0 saturated carbocycles. The number of ether oxygens (including phenoxy) is 1. The van der Waals surface area contributed by atoms with Crippen LogP contribution in [0.2, 0.25) is 0 Å². The van der Waals surface area contributed by atoms with E-state index < -0.39 is 11.4 Å². The van der Waals surface area contributed by atoms with Crippen LogP contribution in [0.15, 0.2) is 82.5 Å². The van der Waals surface area contributed by atoms with Gasteiger partial charge in [0.1, 0.15) is 11.1 Å². The largest absolute Gasteiger partial charge is 0.490 e. The number of hydrogen-bond acceptors (Lipinski definition) is 3. The van der Waals surface area contributed by atoms with Crippen LogP contribution in [-0.2, 0) is 0 Å². The maximum Gasteiger partial charge on any atom is 0.347 e. The molecule has 4 rings (SSSR count). The van der Waals surface area contributed by atoms with Crippen molar-refractivity contribution in [3.05, 3.63) is 95.1 Å². The van der Waals surface area contributed by atoms with Gasteiger partial charge < -0.3 is 9.15 Å². The van der Waals surface area contributed by atoms with Crippen LogP contribution < -0.4 is 10.4 Å². The number of rotatable bonds is 8. The lowest BCUT2D eigenvalue weighted by Gasteiger charge is -2.09. The first-order chi connectivity index (χ1) is 15.6. The molecule has 162 valence electrons. The van der Waals surface area contributed by atoms with Crippen LogP contribution in [0, 0.1) is 5.82 Å². The fourth-order valence-corrected chi connectivity index (χ4v) is 3.65. The van der Waals surface area contributed by atoms with Crippen molar-refractivity contribution in [3.8, 4) is 28.2 Å². The van der Waals surface area contributed by atoms with Gasteiger partial charge in [-0.3, -0.25) is 0 Å². The number of benzene rings is 3. The van der Waals surface area contributed by atoms with Gasteiger partial charge in [0, 0.05) is 5.56 Å². The van der Waals surface area contributed by atoms with Crippen molar-refractivity contribution in [2.45, 2.75) is 26.2 Å². The van der Waals surface area contributed by atoms with E-state index in [1.54, 1.807) is 24.3 Å². The minimum absolute atomic E-state index is 0.0827. The number of hydrogen-bond donors (Lipinski definition) is 0. The van der Waals surface area contributed by atoms with Crippen molar-refractivity contribution >= 4 is 16.8 Å². The van der Waals surface area contributed by atoms with E-state index in [2.05, 4.69) is 13.5 Å². The highest BCUT2D eigenvalue weighted by Crippen LogP contribution is 2.29. The van der Waals surface area contributed by atoms with Crippen LogP contribution in [0.3, 0.4) is 0 Å². The van der Waals surface area contributed by atoms with Crippen molar-refractivity contribution in [1.29, 1.82) is 0 Å². The Morgan fingerprint density at radius 1 is 0.938 bits per heavy atom. The zero-order chi connectivity index (χ0) is 22.5. The SMILES string of the molecule is C=Cc1ccc(-c2ccc(-c3cc4ccc(OCCCCC)c(F)c4c(=O)o3)cc2)cc1. The summed E-state index contributed by atoms with van der Waals surface area (Å²) in [5, 5.41) is 0.402. The van der Waals surface area contributed by atoms with Gasteiger partial charge in [-0.2, -0.15) is 0 Å². The predicted molar refractivity (Wildman–Crippen MR) is 128 cm³/mol. The summed E-state index contributed by atoms with van der Waals surface area (Å²) in [7, 11) is 0. The van der Waals surface area contributed by atoms with E-state index in [0.717, 1.165) is 41.5 Å². The Hall–Kier alpha value is -3.66. The average molecular weight is 429 g/mol. The van der Waals surface area contributed by atoms with Crippen molar-refractivity contribution in [1.82, 2.24) is 0 Å². The number of fused-ring (bicyclic) bond motifs is 1. The molecule has 3 nitrogen and oxygen atoms in total. The van der Waals surface area contributed by atoms with Gasteiger partial charge >= 0.3 is 5.63 Å². The predicted octanol–water partition coefficient (Wildman–Crippen LogP) is 7.48. The molecule has 0 aliphatic heterocycles. The highest BCUT2D eigenvalue weighted by Gasteiger charge is 2.15. The van der Waals surface area contributed by atoms with Gasteiger partial charge in [-0.15, -0.1) is 0 Å². The van der Waals surface area contributed by atoms with E-state index in [9.17, 15) is 9.18 Å². The summed E-state index contributed by atoms with van der Waals surface area (Å²) in [4.78, 5) is 12.6. The van der Waals surface area contributed by atoms with Gasteiger partial charge in [0.15, 0.2) is 11.6 Å². The van der Waals surface area contributed by atoms with Crippen LogP contribution >= 0.6 is 0 Å². The Balaban J connectivity index is 1.61. The van der Waals surface area contributed by atoms with E-state index >= 15 is 0 Å². The molecule has 0 spiro atoms. The van der Waals surface area contributed by atoms with Crippen LogP contribution in [0.1, 0.15) is 31.7 Å². The van der Waals surface area contributed by atoms with E-state index in [4.69, 9.17) is 9.15 Å². The van der Waals surface area contributed by atoms with Crippen LogP contribution in [0.25, 0.3) is 39.3 Å². The van der Waals surface area contributed by atoms with Crippen LogP contribution in [0.4, 0.5) is 4.39 Å². The van der Waals surface area contributed by atoms with Crippen molar-refractivity contribution in [3.63, 3.8) is 0 Å². The Kier molecular flexibility index (Phi) is 6.50. The zero-order valence-electron chi connectivity index (χ0n) is 18.1. The smallest absolute Gasteiger partial charge is 0.347 e. The first-order valence-electron chi connectivity index (χ1n) is 10.8. The molecule has 3 aromatic carbocycles. The summed E-state index contributed by atoms with van der Waals surface area (Å²) in [5.74, 6) is -0.190. The third kappa shape index (κ3) is 4.50. The van der Waals surface area contributed by atoms with Crippen molar-refractivity contribution < 1.29 is 13.5 Å². The Bertz CT molecular complexity index is 1290. The van der Waals surface area contributed by atoms with Crippen molar-refractivity contribution in [2.75, 3.05) is 6.61 Å². The number of unbranched alkanes of at least 4 members (excludes halogenated alkanes) is 2. The maximum absolute atomic E-state index is 14.9. The molecule has 32 heavy (non-hydrogen) atoms. The quantitative estimate of drug-likeness (QED) is 0.273. The number of halogens is 1. The Morgan fingerprint density at radius 3 is 2.25 bits per heavy atom. The summed E-state index contributed by atoms with van der Waals surface area (Å²) in [5.41, 5.74) is 3.22. The highest BCUT2D eigenvalue weighted by molar-refractivity contribution is 5.86. The summed E-state index contributed by atoms with van der Waals surface area (Å²) in [6.45, 7) is 6.28. The molecule has 0 aliphatic carbocycles. The Morgan fingerprint density at radius 2 is 1.59 bits per heavy atom. The highest BCUT2D eigenvalue weighted by atomic mass is 19.1.